The van der Waals surface area contributed by atoms with Crippen molar-refractivity contribution in [3.05, 3.63) is 59.7 Å². The number of thiocarbonyl (C=S) groups is 1. The van der Waals surface area contributed by atoms with Crippen molar-refractivity contribution < 1.29 is 14.3 Å². The lowest BCUT2D eigenvalue weighted by Crippen LogP contribution is -2.46. The Hall–Kier alpha value is -2.80. The number of methoxy groups -OCH3 is 1. The van der Waals surface area contributed by atoms with Crippen LogP contribution in [0.15, 0.2) is 48.5 Å². The quantitative estimate of drug-likeness (QED) is 0.368. The minimum atomic E-state index is -0.142. The molecule has 1 amide bonds. The number of nitrogens with one attached hydrogen (secondary N) is 3. The van der Waals surface area contributed by atoms with Crippen LogP contribution in [0.5, 0.6) is 11.5 Å². The molecule has 0 atom stereocenters. The number of carbonyl (C=O) groups is 1. The summed E-state index contributed by atoms with van der Waals surface area (Å²) in [5, 5.41) is 3.38. The molecule has 27 heavy (non-hydrogen) atoms. The molecular weight excluding hydrogens is 362 g/mol. The van der Waals surface area contributed by atoms with Gasteiger partial charge in [-0.15, -0.1) is 0 Å². The number of carbonyl (C=O) groups excluding carboxylic acids is 1. The van der Waals surface area contributed by atoms with Gasteiger partial charge in [-0.25, -0.2) is 0 Å². The van der Waals surface area contributed by atoms with Crippen LogP contribution in [-0.2, 0) is 11.3 Å². The Kier molecular flexibility index (Phi) is 8.38. The van der Waals surface area contributed by atoms with Gasteiger partial charge in [-0.05, 0) is 61.0 Å². The number of amides is 1. The predicted octanol–water partition coefficient (Wildman–Crippen LogP) is 2.86. The summed E-state index contributed by atoms with van der Waals surface area (Å²) in [5.41, 5.74) is 7.47. The summed E-state index contributed by atoms with van der Waals surface area (Å²) in [6.07, 6.45) is 0.966. The van der Waals surface area contributed by atoms with Gasteiger partial charge in [0.1, 0.15) is 11.5 Å². The molecule has 2 rings (SSSR count). The van der Waals surface area contributed by atoms with Crippen molar-refractivity contribution in [3.8, 4) is 11.5 Å². The molecule has 6 nitrogen and oxygen atoms in total. The van der Waals surface area contributed by atoms with E-state index in [9.17, 15) is 4.79 Å². The normalized spacial score (nSPS) is 10.0. The van der Waals surface area contributed by atoms with Gasteiger partial charge in [0, 0.05) is 13.0 Å². The molecule has 7 heteroatoms. The maximum atomic E-state index is 11.8. The van der Waals surface area contributed by atoms with E-state index < -0.39 is 0 Å². The average Bonchev–Trinajstić information content (AvgIpc) is 2.68. The van der Waals surface area contributed by atoms with Crippen LogP contribution in [0.1, 0.15) is 24.0 Å². The molecule has 0 saturated heterocycles. The van der Waals surface area contributed by atoms with E-state index in [2.05, 4.69) is 16.2 Å². The molecule has 0 aliphatic heterocycles. The smallest absolute Gasteiger partial charge is 0.238 e. The summed E-state index contributed by atoms with van der Waals surface area (Å²) in [6.45, 7) is 3.05. The fourth-order valence-electron chi connectivity index (χ4n) is 2.29. The molecule has 0 aromatic heterocycles. The topological polar surface area (TPSA) is 71.6 Å². The van der Waals surface area contributed by atoms with Gasteiger partial charge in [0.2, 0.25) is 5.91 Å². The van der Waals surface area contributed by atoms with E-state index in [0.29, 0.717) is 31.1 Å². The van der Waals surface area contributed by atoms with E-state index in [1.807, 2.05) is 55.5 Å². The van der Waals surface area contributed by atoms with Gasteiger partial charge in [0.05, 0.1) is 13.7 Å². The molecule has 0 spiro atoms. The van der Waals surface area contributed by atoms with Crippen LogP contribution in [0.3, 0.4) is 0 Å². The van der Waals surface area contributed by atoms with E-state index in [0.717, 1.165) is 22.6 Å². The molecule has 0 heterocycles. The van der Waals surface area contributed by atoms with Crippen molar-refractivity contribution >= 4 is 23.2 Å². The summed E-state index contributed by atoms with van der Waals surface area (Å²) < 4.78 is 10.7. The Morgan fingerprint density at radius 1 is 1.07 bits per heavy atom. The Bertz CT molecular complexity index is 750. The summed E-state index contributed by atoms with van der Waals surface area (Å²) >= 11 is 5.15. The molecule has 0 fully saturated rings. The van der Waals surface area contributed by atoms with Crippen molar-refractivity contribution in [1.29, 1.82) is 0 Å². The second kappa shape index (κ2) is 11.0. The molecule has 0 unspecified atom stereocenters. The Morgan fingerprint density at radius 3 is 2.56 bits per heavy atom. The molecule has 2 aromatic carbocycles. The standard InChI is InChI=1S/C20H25N3O3S/c1-15-5-3-6-18(13-15)26-12-4-7-19(24)22-23-20(27)21-14-16-8-10-17(25-2)11-9-16/h3,5-6,8-11,13H,4,7,12,14H2,1-2H3,(H,22,24)(H2,21,23,27). The minimum absolute atomic E-state index is 0.142. The number of aryl methyl sites for hydroxylation is 1. The molecule has 0 saturated carbocycles. The monoisotopic (exact) mass is 387 g/mol. The molecule has 144 valence electrons. The number of hydrazine groups is 1. The van der Waals surface area contributed by atoms with E-state index in [1.165, 1.54) is 0 Å². The third kappa shape index (κ3) is 7.96. The molecule has 3 N–H and O–H groups in total. The largest absolute Gasteiger partial charge is 0.497 e. The highest BCUT2D eigenvalue weighted by Gasteiger charge is 2.03. The predicted molar refractivity (Wildman–Crippen MR) is 110 cm³/mol. The van der Waals surface area contributed by atoms with Gasteiger partial charge in [0.25, 0.3) is 0 Å². The van der Waals surface area contributed by atoms with Crippen molar-refractivity contribution in [2.24, 2.45) is 0 Å². The van der Waals surface area contributed by atoms with Crippen LogP contribution in [0, 0.1) is 6.92 Å². The summed E-state index contributed by atoms with van der Waals surface area (Å²) in [6, 6.07) is 15.5. The maximum Gasteiger partial charge on any atom is 0.238 e. The minimum Gasteiger partial charge on any atom is -0.497 e. The van der Waals surface area contributed by atoms with Gasteiger partial charge in [-0.2, -0.15) is 0 Å². The maximum absolute atomic E-state index is 11.8. The third-order valence-electron chi connectivity index (χ3n) is 3.73. The highest BCUT2D eigenvalue weighted by atomic mass is 32.1. The zero-order valence-corrected chi connectivity index (χ0v) is 16.4. The van der Waals surface area contributed by atoms with E-state index in [-0.39, 0.29) is 5.91 Å². The molecule has 0 aliphatic carbocycles. The zero-order chi connectivity index (χ0) is 19.5. The van der Waals surface area contributed by atoms with Gasteiger partial charge in [-0.1, -0.05) is 24.3 Å². The fraction of sp³-hybridized carbons (Fsp3) is 0.300. The second-order valence-corrected chi connectivity index (χ2v) is 6.38. The summed E-state index contributed by atoms with van der Waals surface area (Å²) in [7, 11) is 1.63. The Balaban J connectivity index is 1.56. The van der Waals surface area contributed by atoms with Gasteiger partial charge >= 0.3 is 0 Å². The fourth-order valence-corrected chi connectivity index (χ4v) is 2.41. The molecular formula is C20H25N3O3S. The van der Waals surface area contributed by atoms with Crippen molar-refractivity contribution in [1.82, 2.24) is 16.2 Å². The van der Waals surface area contributed by atoms with Crippen LogP contribution in [0.25, 0.3) is 0 Å². The van der Waals surface area contributed by atoms with E-state index in [1.54, 1.807) is 7.11 Å². The lowest BCUT2D eigenvalue weighted by Gasteiger charge is -2.12. The number of hydrogen-bond donors (Lipinski definition) is 3. The zero-order valence-electron chi connectivity index (χ0n) is 15.6. The molecule has 0 aliphatic rings. The van der Waals surface area contributed by atoms with Gasteiger partial charge < -0.3 is 14.8 Å². The highest BCUT2D eigenvalue weighted by Crippen LogP contribution is 2.12. The van der Waals surface area contributed by atoms with Crippen LogP contribution in [-0.4, -0.2) is 24.7 Å². The van der Waals surface area contributed by atoms with E-state index >= 15 is 0 Å². The van der Waals surface area contributed by atoms with Gasteiger partial charge in [0.15, 0.2) is 5.11 Å². The number of rotatable bonds is 8. The first-order chi connectivity index (χ1) is 13.1. The average molecular weight is 388 g/mol. The van der Waals surface area contributed by atoms with Crippen molar-refractivity contribution in [3.63, 3.8) is 0 Å². The van der Waals surface area contributed by atoms with E-state index in [4.69, 9.17) is 21.7 Å². The Morgan fingerprint density at radius 2 is 1.85 bits per heavy atom. The summed E-state index contributed by atoms with van der Waals surface area (Å²) in [4.78, 5) is 11.8. The number of hydrogen-bond acceptors (Lipinski definition) is 4. The van der Waals surface area contributed by atoms with Crippen molar-refractivity contribution in [2.75, 3.05) is 13.7 Å². The van der Waals surface area contributed by atoms with Crippen LogP contribution in [0.4, 0.5) is 0 Å². The first-order valence-electron chi connectivity index (χ1n) is 8.72. The first-order valence-corrected chi connectivity index (χ1v) is 9.13. The number of benzene rings is 2. The summed E-state index contributed by atoms with van der Waals surface area (Å²) in [5.74, 6) is 1.48. The molecule has 0 radical (unpaired) electrons. The van der Waals surface area contributed by atoms with Crippen LogP contribution in [0.2, 0.25) is 0 Å². The SMILES string of the molecule is COc1ccc(CNC(=S)NNC(=O)CCCOc2cccc(C)c2)cc1. The lowest BCUT2D eigenvalue weighted by molar-refractivity contribution is -0.121. The molecule has 0 bridgehead atoms. The third-order valence-corrected chi connectivity index (χ3v) is 3.98. The van der Waals surface area contributed by atoms with Crippen LogP contribution >= 0.6 is 12.2 Å². The second-order valence-electron chi connectivity index (χ2n) is 5.97. The van der Waals surface area contributed by atoms with Crippen molar-refractivity contribution in [2.45, 2.75) is 26.3 Å². The van der Waals surface area contributed by atoms with Crippen LogP contribution < -0.4 is 25.6 Å². The Labute approximate surface area is 165 Å². The highest BCUT2D eigenvalue weighted by molar-refractivity contribution is 7.80. The number of ether oxygens (including phenoxy) is 2. The first kappa shape index (κ1) is 20.5. The molecule has 2 aromatic rings. The van der Waals surface area contributed by atoms with Gasteiger partial charge in [-0.3, -0.25) is 15.6 Å². The lowest BCUT2D eigenvalue weighted by atomic mass is 10.2.